The molecule has 4 heteroatoms. The Morgan fingerprint density at radius 1 is 1.60 bits per heavy atom. The fraction of sp³-hybridized carbons (Fsp3) is 1.00. The van der Waals surface area contributed by atoms with Gasteiger partial charge in [0.2, 0.25) is 0 Å². The summed E-state index contributed by atoms with van der Waals surface area (Å²) in [7, 11) is 0. The Morgan fingerprint density at radius 2 is 2.10 bits per heavy atom. The molecule has 10 heavy (non-hydrogen) atoms. The third-order valence-electron chi connectivity index (χ3n) is 1.20. The second-order valence-electron chi connectivity index (χ2n) is 2.36. The van der Waals surface area contributed by atoms with Gasteiger partial charge in [-0.05, 0) is 5.92 Å². The largest absolute Gasteiger partial charge is 1.00 e. The summed E-state index contributed by atoms with van der Waals surface area (Å²) >= 11 is -1.85. The van der Waals surface area contributed by atoms with Crippen molar-refractivity contribution in [2.45, 2.75) is 26.7 Å². The Kier molecular flexibility index (Phi) is 11.2. The van der Waals surface area contributed by atoms with Gasteiger partial charge in [0.05, 0.1) is 0 Å². The van der Waals surface area contributed by atoms with Crippen molar-refractivity contribution >= 4 is 11.1 Å². The van der Waals surface area contributed by atoms with E-state index in [1.165, 1.54) is 0 Å². The zero-order chi connectivity index (χ0) is 7.28. The van der Waals surface area contributed by atoms with Crippen molar-refractivity contribution in [1.82, 2.24) is 0 Å². The van der Waals surface area contributed by atoms with Gasteiger partial charge in [0.1, 0.15) is 0 Å². The maximum Gasteiger partial charge on any atom is 1.00 e. The first-order valence-electron chi connectivity index (χ1n) is 3.22. The van der Waals surface area contributed by atoms with Gasteiger partial charge in [-0.3, -0.25) is 4.21 Å². The number of rotatable bonds is 4. The van der Waals surface area contributed by atoms with Crippen LogP contribution in [0.15, 0.2) is 0 Å². The topological polar surface area (TPSA) is 40.1 Å². The molecule has 0 aromatic carbocycles. The molecule has 0 amide bonds. The van der Waals surface area contributed by atoms with Crippen molar-refractivity contribution < 1.29 is 38.3 Å². The molecular formula is C6H13NaO2S. The van der Waals surface area contributed by atoms with Crippen LogP contribution in [0, 0.1) is 5.92 Å². The maximum absolute atomic E-state index is 10.1. The van der Waals surface area contributed by atoms with Gasteiger partial charge in [0.15, 0.2) is 0 Å². The molecule has 0 spiro atoms. The Morgan fingerprint density at radius 3 is 2.40 bits per heavy atom. The van der Waals surface area contributed by atoms with Crippen LogP contribution in [0.1, 0.15) is 26.7 Å². The quantitative estimate of drug-likeness (QED) is 0.375. The molecule has 0 N–H and O–H groups in total. The second kappa shape index (κ2) is 8.21. The average Bonchev–Trinajstić information content (AvgIpc) is 1.63. The van der Waals surface area contributed by atoms with Crippen LogP contribution in [0.5, 0.6) is 0 Å². The smallest absolute Gasteiger partial charge is 0.772 e. The van der Waals surface area contributed by atoms with Crippen molar-refractivity contribution in [2.75, 3.05) is 5.75 Å². The maximum atomic E-state index is 10.1. The van der Waals surface area contributed by atoms with Crippen LogP contribution in [0.4, 0.5) is 0 Å². The molecule has 0 heterocycles. The fourth-order valence-corrected chi connectivity index (χ4v) is 1.44. The molecular weight excluding hydrogens is 159 g/mol. The molecule has 2 unspecified atom stereocenters. The fourth-order valence-electron chi connectivity index (χ4n) is 0.808. The molecule has 56 valence electrons. The van der Waals surface area contributed by atoms with E-state index in [2.05, 4.69) is 6.92 Å². The van der Waals surface area contributed by atoms with Crippen molar-refractivity contribution in [3.8, 4) is 0 Å². The van der Waals surface area contributed by atoms with Crippen molar-refractivity contribution in [1.29, 1.82) is 0 Å². The minimum absolute atomic E-state index is 0. The van der Waals surface area contributed by atoms with Gasteiger partial charge in [0.25, 0.3) is 0 Å². The van der Waals surface area contributed by atoms with E-state index in [1.807, 2.05) is 6.92 Å². The number of hydrogen-bond acceptors (Lipinski definition) is 2. The summed E-state index contributed by atoms with van der Waals surface area (Å²) in [6.07, 6.45) is 2.08. The first kappa shape index (κ1) is 13.7. The third kappa shape index (κ3) is 9.11. The first-order chi connectivity index (χ1) is 4.16. The summed E-state index contributed by atoms with van der Waals surface area (Å²) in [5, 5.41) is 0. The van der Waals surface area contributed by atoms with Crippen molar-refractivity contribution in [2.24, 2.45) is 5.92 Å². The van der Waals surface area contributed by atoms with Crippen molar-refractivity contribution in [3.05, 3.63) is 0 Å². The molecule has 2 nitrogen and oxygen atoms in total. The van der Waals surface area contributed by atoms with Gasteiger partial charge in [-0.2, -0.15) is 0 Å². The van der Waals surface area contributed by atoms with Gasteiger partial charge < -0.3 is 4.55 Å². The van der Waals surface area contributed by atoms with E-state index in [0.29, 0.717) is 11.7 Å². The Bertz CT molecular complexity index is 97.7. The van der Waals surface area contributed by atoms with E-state index in [0.717, 1.165) is 12.8 Å². The van der Waals surface area contributed by atoms with Crippen LogP contribution in [-0.2, 0) is 11.1 Å². The Labute approximate surface area is 87.4 Å². The van der Waals surface area contributed by atoms with E-state index in [-0.39, 0.29) is 29.6 Å². The summed E-state index contributed by atoms with van der Waals surface area (Å²) in [5.41, 5.74) is 0. The SMILES string of the molecule is CCCC(C)CS(=O)[O-].[Na+]. The van der Waals surface area contributed by atoms with E-state index in [1.54, 1.807) is 0 Å². The van der Waals surface area contributed by atoms with Crippen LogP contribution in [0.3, 0.4) is 0 Å². The third-order valence-corrected chi connectivity index (χ3v) is 2.04. The summed E-state index contributed by atoms with van der Waals surface area (Å²) in [6.45, 7) is 4.02. The van der Waals surface area contributed by atoms with Crippen LogP contribution >= 0.6 is 0 Å². The molecule has 0 aliphatic rings. The van der Waals surface area contributed by atoms with Gasteiger partial charge in [-0.1, -0.05) is 37.8 Å². The molecule has 0 radical (unpaired) electrons. The molecule has 0 rings (SSSR count). The number of hydrogen-bond donors (Lipinski definition) is 0. The predicted octanol–water partition coefficient (Wildman–Crippen LogP) is -1.69. The minimum Gasteiger partial charge on any atom is -0.772 e. The zero-order valence-electron chi connectivity index (χ0n) is 6.92. The standard InChI is InChI=1S/C6H14O2S.Na/c1-3-4-6(2)5-9(7)8;/h6H,3-5H2,1-2H3,(H,7,8);/q;+1/p-1. The monoisotopic (exact) mass is 172 g/mol. The van der Waals surface area contributed by atoms with Crippen molar-refractivity contribution in [3.63, 3.8) is 0 Å². The predicted molar refractivity (Wildman–Crippen MR) is 37.9 cm³/mol. The average molecular weight is 172 g/mol. The zero-order valence-corrected chi connectivity index (χ0v) is 9.74. The molecule has 2 atom stereocenters. The summed E-state index contributed by atoms with van der Waals surface area (Å²) < 4.78 is 20.2. The molecule has 0 saturated heterocycles. The summed E-state index contributed by atoms with van der Waals surface area (Å²) in [5.74, 6) is 0.640. The molecule has 0 aromatic heterocycles. The van der Waals surface area contributed by atoms with Gasteiger partial charge in [0, 0.05) is 5.75 Å². The molecule has 0 bridgehead atoms. The van der Waals surface area contributed by atoms with Crippen LogP contribution in [-0.4, -0.2) is 14.5 Å². The normalized spacial score (nSPS) is 15.5. The minimum atomic E-state index is -1.85. The molecule has 0 aliphatic carbocycles. The molecule has 0 aliphatic heterocycles. The first-order valence-corrected chi connectivity index (χ1v) is 4.47. The van der Waals surface area contributed by atoms with Gasteiger partial charge >= 0.3 is 29.6 Å². The van der Waals surface area contributed by atoms with E-state index in [9.17, 15) is 8.76 Å². The Hall–Kier alpha value is 1.11. The van der Waals surface area contributed by atoms with Crippen LogP contribution in [0.25, 0.3) is 0 Å². The molecule has 0 aromatic rings. The summed E-state index contributed by atoms with van der Waals surface area (Å²) in [6, 6.07) is 0. The van der Waals surface area contributed by atoms with Gasteiger partial charge in [-0.25, -0.2) is 0 Å². The van der Waals surface area contributed by atoms with E-state index >= 15 is 0 Å². The van der Waals surface area contributed by atoms with E-state index < -0.39 is 11.1 Å². The Balaban J connectivity index is 0. The second-order valence-corrected chi connectivity index (χ2v) is 3.31. The van der Waals surface area contributed by atoms with Crippen LogP contribution < -0.4 is 29.6 Å². The molecule has 0 fully saturated rings. The summed E-state index contributed by atoms with van der Waals surface area (Å²) in [4.78, 5) is 0. The van der Waals surface area contributed by atoms with Gasteiger partial charge in [-0.15, -0.1) is 0 Å². The van der Waals surface area contributed by atoms with E-state index in [4.69, 9.17) is 0 Å². The molecule has 0 saturated carbocycles. The van der Waals surface area contributed by atoms with Crippen LogP contribution in [0.2, 0.25) is 0 Å².